The number of benzene rings is 1. The fourth-order valence-electron chi connectivity index (χ4n) is 1.84. The standard InChI is InChI=1S/C14H14ClN3O/c1-9-8-10(2)17-14(16-9)18(11(3)19)13-6-4-12(15)5-7-13/h4-8H,1-3H3. The molecular formula is C14H14ClN3O. The van der Waals surface area contributed by atoms with Crippen molar-refractivity contribution >= 4 is 29.1 Å². The summed E-state index contributed by atoms with van der Waals surface area (Å²) in [6.07, 6.45) is 0. The van der Waals surface area contributed by atoms with Gasteiger partial charge in [-0.05, 0) is 44.2 Å². The maximum atomic E-state index is 11.9. The van der Waals surface area contributed by atoms with E-state index in [1.807, 2.05) is 19.9 Å². The quantitative estimate of drug-likeness (QED) is 0.843. The van der Waals surface area contributed by atoms with Gasteiger partial charge in [-0.25, -0.2) is 14.9 Å². The number of rotatable bonds is 2. The molecule has 1 heterocycles. The van der Waals surface area contributed by atoms with Crippen LogP contribution in [0, 0.1) is 13.8 Å². The molecule has 4 nitrogen and oxygen atoms in total. The van der Waals surface area contributed by atoms with Crippen LogP contribution in [0.5, 0.6) is 0 Å². The van der Waals surface area contributed by atoms with E-state index in [-0.39, 0.29) is 5.91 Å². The van der Waals surface area contributed by atoms with Crippen molar-refractivity contribution in [3.8, 4) is 0 Å². The Labute approximate surface area is 117 Å². The minimum Gasteiger partial charge on any atom is -0.274 e. The summed E-state index contributed by atoms with van der Waals surface area (Å²) in [6, 6.07) is 8.87. The normalized spacial score (nSPS) is 10.3. The minimum atomic E-state index is -0.146. The van der Waals surface area contributed by atoms with Crippen LogP contribution in [0.1, 0.15) is 18.3 Å². The highest BCUT2D eigenvalue weighted by molar-refractivity contribution is 6.30. The molecule has 0 aliphatic carbocycles. The molecule has 0 fully saturated rings. The largest absolute Gasteiger partial charge is 0.274 e. The Bertz CT molecular complexity index is 590. The number of amides is 1. The Hall–Kier alpha value is -1.94. The number of carbonyl (C=O) groups is 1. The van der Waals surface area contributed by atoms with Gasteiger partial charge < -0.3 is 0 Å². The van der Waals surface area contributed by atoms with E-state index in [4.69, 9.17) is 11.6 Å². The summed E-state index contributed by atoms with van der Waals surface area (Å²) in [5.41, 5.74) is 2.34. The topological polar surface area (TPSA) is 46.1 Å². The van der Waals surface area contributed by atoms with Crippen LogP contribution in [0.25, 0.3) is 0 Å². The molecule has 0 aliphatic rings. The van der Waals surface area contributed by atoms with Crippen molar-refractivity contribution in [2.24, 2.45) is 0 Å². The molecule has 98 valence electrons. The summed E-state index contributed by atoms with van der Waals surface area (Å²) in [4.78, 5) is 22.0. The SMILES string of the molecule is CC(=O)N(c1ccc(Cl)cc1)c1nc(C)cc(C)n1. The van der Waals surface area contributed by atoms with E-state index in [0.29, 0.717) is 16.7 Å². The molecule has 19 heavy (non-hydrogen) atoms. The Balaban J connectivity index is 2.51. The fraction of sp³-hybridized carbons (Fsp3) is 0.214. The average Bonchev–Trinajstić information content (AvgIpc) is 2.30. The first-order valence-electron chi connectivity index (χ1n) is 5.86. The highest BCUT2D eigenvalue weighted by Gasteiger charge is 2.17. The zero-order chi connectivity index (χ0) is 14.0. The monoisotopic (exact) mass is 275 g/mol. The smallest absolute Gasteiger partial charge is 0.237 e. The predicted molar refractivity (Wildman–Crippen MR) is 75.8 cm³/mol. The van der Waals surface area contributed by atoms with Gasteiger partial charge in [0.25, 0.3) is 0 Å². The van der Waals surface area contributed by atoms with Gasteiger partial charge >= 0.3 is 0 Å². The molecule has 2 rings (SSSR count). The number of aryl methyl sites for hydroxylation is 2. The van der Waals surface area contributed by atoms with E-state index in [1.54, 1.807) is 24.3 Å². The summed E-state index contributed by atoms with van der Waals surface area (Å²) in [6.45, 7) is 5.23. The second-order valence-corrected chi connectivity index (χ2v) is 4.72. The lowest BCUT2D eigenvalue weighted by atomic mass is 10.3. The van der Waals surface area contributed by atoms with Gasteiger partial charge in [0.1, 0.15) is 0 Å². The molecule has 0 bridgehead atoms. The lowest BCUT2D eigenvalue weighted by Gasteiger charge is -2.19. The molecule has 0 atom stereocenters. The summed E-state index contributed by atoms with van der Waals surface area (Å²) < 4.78 is 0. The number of anilines is 2. The number of aromatic nitrogens is 2. The Morgan fingerprint density at radius 3 is 2.11 bits per heavy atom. The highest BCUT2D eigenvalue weighted by Crippen LogP contribution is 2.24. The number of hydrogen-bond acceptors (Lipinski definition) is 3. The molecule has 0 spiro atoms. The van der Waals surface area contributed by atoms with Crippen molar-refractivity contribution < 1.29 is 4.79 Å². The van der Waals surface area contributed by atoms with Crippen LogP contribution in [0.4, 0.5) is 11.6 Å². The van der Waals surface area contributed by atoms with Crippen LogP contribution < -0.4 is 4.90 Å². The predicted octanol–water partition coefficient (Wildman–Crippen LogP) is 3.43. The third kappa shape index (κ3) is 3.09. The molecule has 2 aromatic rings. The molecule has 0 aliphatic heterocycles. The van der Waals surface area contributed by atoms with Crippen LogP contribution in [0.15, 0.2) is 30.3 Å². The lowest BCUT2D eigenvalue weighted by molar-refractivity contribution is -0.115. The van der Waals surface area contributed by atoms with Crippen molar-refractivity contribution in [3.63, 3.8) is 0 Å². The molecule has 0 unspecified atom stereocenters. The molecule has 1 amide bonds. The zero-order valence-corrected chi connectivity index (χ0v) is 11.8. The maximum Gasteiger partial charge on any atom is 0.237 e. The van der Waals surface area contributed by atoms with Gasteiger partial charge in [0.2, 0.25) is 11.9 Å². The first kappa shape index (κ1) is 13.5. The first-order chi connectivity index (χ1) is 8.97. The second-order valence-electron chi connectivity index (χ2n) is 4.28. The van der Waals surface area contributed by atoms with E-state index in [2.05, 4.69) is 9.97 Å². The van der Waals surface area contributed by atoms with Gasteiger partial charge in [0.15, 0.2) is 0 Å². The molecule has 1 aromatic heterocycles. The van der Waals surface area contributed by atoms with Crippen molar-refractivity contribution in [1.29, 1.82) is 0 Å². The lowest BCUT2D eigenvalue weighted by Crippen LogP contribution is -2.25. The number of halogens is 1. The Kier molecular flexibility index (Phi) is 3.81. The first-order valence-corrected chi connectivity index (χ1v) is 6.24. The van der Waals surface area contributed by atoms with Crippen molar-refractivity contribution in [3.05, 3.63) is 46.7 Å². The summed E-state index contributed by atoms with van der Waals surface area (Å²) in [5.74, 6) is 0.236. The summed E-state index contributed by atoms with van der Waals surface area (Å²) in [7, 11) is 0. The molecule has 0 saturated carbocycles. The van der Waals surface area contributed by atoms with Gasteiger partial charge in [-0.3, -0.25) is 4.79 Å². The third-order valence-corrected chi connectivity index (χ3v) is 2.82. The van der Waals surface area contributed by atoms with Crippen LogP contribution in [0.3, 0.4) is 0 Å². The number of nitrogens with zero attached hydrogens (tertiary/aromatic N) is 3. The number of hydrogen-bond donors (Lipinski definition) is 0. The summed E-state index contributed by atoms with van der Waals surface area (Å²) in [5, 5.41) is 0.619. The van der Waals surface area contributed by atoms with E-state index in [9.17, 15) is 4.79 Å². The zero-order valence-electron chi connectivity index (χ0n) is 11.0. The van der Waals surface area contributed by atoms with Crippen molar-refractivity contribution in [2.75, 3.05) is 4.90 Å². The van der Waals surface area contributed by atoms with Gasteiger partial charge in [0.05, 0.1) is 5.69 Å². The Morgan fingerprint density at radius 1 is 1.11 bits per heavy atom. The van der Waals surface area contributed by atoms with Crippen LogP contribution >= 0.6 is 11.6 Å². The van der Waals surface area contributed by atoms with E-state index >= 15 is 0 Å². The molecule has 5 heteroatoms. The van der Waals surface area contributed by atoms with E-state index in [1.165, 1.54) is 11.8 Å². The van der Waals surface area contributed by atoms with E-state index < -0.39 is 0 Å². The van der Waals surface area contributed by atoms with Crippen molar-refractivity contribution in [1.82, 2.24) is 9.97 Å². The highest BCUT2D eigenvalue weighted by atomic mass is 35.5. The molecule has 0 radical (unpaired) electrons. The molecule has 0 N–H and O–H groups in total. The molecular weight excluding hydrogens is 262 g/mol. The molecule has 0 saturated heterocycles. The van der Waals surface area contributed by atoms with Gasteiger partial charge in [-0.2, -0.15) is 0 Å². The fourth-order valence-corrected chi connectivity index (χ4v) is 1.96. The summed E-state index contributed by atoms with van der Waals surface area (Å²) >= 11 is 5.86. The van der Waals surface area contributed by atoms with Crippen LogP contribution in [0.2, 0.25) is 5.02 Å². The Morgan fingerprint density at radius 2 is 1.63 bits per heavy atom. The average molecular weight is 276 g/mol. The third-order valence-electron chi connectivity index (χ3n) is 2.57. The van der Waals surface area contributed by atoms with E-state index in [0.717, 1.165) is 11.4 Å². The van der Waals surface area contributed by atoms with Gasteiger partial charge in [-0.15, -0.1) is 0 Å². The minimum absolute atomic E-state index is 0.146. The van der Waals surface area contributed by atoms with Crippen LogP contribution in [-0.2, 0) is 4.79 Å². The van der Waals surface area contributed by atoms with Crippen LogP contribution in [-0.4, -0.2) is 15.9 Å². The number of carbonyl (C=O) groups excluding carboxylic acids is 1. The maximum absolute atomic E-state index is 11.9. The van der Waals surface area contributed by atoms with Crippen molar-refractivity contribution in [2.45, 2.75) is 20.8 Å². The van der Waals surface area contributed by atoms with Gasteiger partial charge in [0, 0.05) is 23.3 Å². The molecule has 1 aromatic carbocycles. The second kappa shape index (κ2) is 5.36. The van der Waals surface area contributed by atoms with Gasteiger partial charge in [-0.1, -0.05) is 11.6 Å².